The third-order valence-electron chi connectivity index (χ3n) is 3.34. The fourth-order valence-corrected chi connectivity index (χ4v) is 2.02. The van der Waals surface area contributed by atoms with E-state index in [9.17, 15) is 0 Å². The van der Waals surface area contributed by atoms with E-state index >= 15 is 0 Å². The molecule has 1 rings (SSSR count). The van der Waals surface area contributed by atoms with Gasteiger partial charge in [0.1, 0.15) is 0 Å². The molecule has 0 saturated carbocycles. The van der Waals surface area contributed by atoms with Crippen LogP contribution in [0.5, 0.6) is 0 Å². The molecular weight excluding hydrogens is 250 g/mol. The van der Waals surface area contributed by atoms with Crippen LogP contribution in [0.3, 0.4) is 0 Å². The van der Waals surface area contributed by atoms with Gasteiger partial charge in [-0.2, -0.15) is 0 Å². The number of benzene rings is 1. The van der Waals surface area contributed by atoms with E-state index in [0.717, 1.165) is 19.6 Å². The van der Waals surface area contributed by atoms with E-state index in [-0.39, 0.29) is 0 Å². The van der Waals surface area contributed by atoms with Crippen LogP contribution in [0.15, 0.2) is 24.3 Å². The van der Waals surface area contributed by atoms with Gasteiger partial charge in [-0.3, -0.25) is 0 Å². The highest BCUT2D eigenvalue weighted by atomic mass is 16.5. The maximum atomic E-state index is 5.61. The van der Waals surface area contributed by atoms with E-state index in [0.29, 0.717) is 25.7 Å². The van der Waals surface area contributed by atoms with Crippen molar-refractivity contribution in [2.45, 2.75) is 39.2 Å². The van der Waals surface area contributed by atoms with Crippen LogP contribution in [0.2, 0.25) is 0 Å². The van der Waals surface area contributed by atoms with E-state index in [2.05, 4.69) is 43.4 Å². The third kappa shape index (κ3) is 7.04. The standard InChI is InChI=1S/C17H29NO2/c1-4-5-10-19-11-12-20-14-16-6-8-17(9-7-16)15(2)13-18-3/h6-9,15,18H,4-5,10-14H2,1-3H3. The summed E-state index contributed by atoms with van der Waals surface area (Å²) in [6.45, 7) is 8.27. The normalized spacial score (nSPS) is 12.6. The Labute approximate surface area is 123 Å². The Kier molecular flexibility index (Phi) is 9.29. The van der Waals surface area contributed by atoms with Gasteiger partial charge in [0, 0.05) is 13.2 Å². The molecule has 1 atom stereocenters. The first-order valence-corrected chi connectivity index (χ1v) is 7.66. The van der Waals surface area contributed by atoms with E-state index < -0.39 is 0 Å². The number of unbranched alkanes of at least 4 members (excludes halogenated alkanes) is 1. The molecule has 20 heavy (non-hydrogen) atoms. The molecule has 0 saturated heterocycles. The third-order valence-corrected chi connectivity index (χ3v) is 3.34. The molecule has 0 bridgehead atoms. The number of rotatable bonds is 11. The zero-order chi connectivity index (χ0) is 14.6. The summed E-state index contributed by atoms with van der Waals surface area (Å²) in [5, 5.41) is 3.20. The number of ether oxygens (including phenoxy) is 2. The second-order valence-electron chi connectivity index (χ2n) is 5.22. The highest BCUT2D eigenvalue weighted by Gasteiger charge is 2.03. The summed E-state index contributed by atoms with van der Waals surface area (Å²) in [5.41, 5.74) is 2.59. The molecule has 0 spiro atoms. The summed E-state index contributed by atoms with van der Waals surface area (Å²) in [5.74, 6) is 0.543. The van der Waals surface area contributed by atoms with Gasteiger partial charge in [0.05, 0.1) is 19.8 Å². The monoisotopic (exact) mass is 279 g/mol. The van der Waals surface area contributed by atoms with Crippen LogP contribution >= 0.6 is 0 Å². The molecule has 0 aliphatic rings. The molecule has 0 aliphatic carbocycles. The minimum atomic E-state index is 0.543. The molecule has 3 nitrogen and oxygen atoms in total. The first kappa shape index (κ1) is 17.2. The molecule has 1 aromatic rings. The van der Waals surface area contributed by atoms with Gasteiger partial charge < -0.3 is 14.8 Å². The number of hydrogen-bond acceptors (Lipinski definition) is 3. The van der Waals surface area contributed by atoms with Crippen molar-refractivity contribution >= 4 is 0 Å². The zero-order valence-corrected chi connectivity index (χ0v) is 13.2. The highest BCUT2D eigenvalue weighted by Crippen LogP contribution is 2.15. The lowest BCUT2D eigenvalue weighted by molar-refractivity contribution is 0.0397. The second-order valence-corrected chi connectivity index (χ2v) is 5.22. The second kappa shape index (κ2) is 10.8. The molecule has 0 amide bonds. The largest absolute Gasteiger partial charge is 0.379 e. The Morgan fingerprint density at radius 3 is 2.40 bits per heavy atom. The van der Waals surface area contributed by atoms with Crippen LogP contribution in [0.1, 0.15) is 43.7 Å². The van der Waals surface area contributed by atoms with Crippen LogP contribution in [0.4, 0.5) is 0 Å². The first-order valence-electron chi connectivity index (χ1n) is 7.66. The average Bonchev–Trinajstić information content (AvgIpc) is 2.47. The molecule has 0 fully saturated rings. The molecule has 1 unspecified atom stereocenters. The Hall–Kier alpha value is -0.900. The smallest absolute Gasteiger partial charge is 0.0718 e. The predicted molar refractivity (Wildman–Crippen MR) is 84.2 cm³/mol. The van der Waals surface area contributed by atoms with Gasteiger partial charge in [-0.15, -0.1) is 0 Å². The summed E-state index contributed by atoms with van der Waals surface area (Å²) in [4.78, 5) is 0. The van der Waals surface area contributed by atoms with Crippen molar-refractivity contribution < 1.29 is 9.47 Å². The van der Waals surface area contributed by atoms with Crippen molar-refractivity contribution in [1.82, 2.24) is 5.32 Å². The van der Waals surface area contributed by atoms with E-state index in [1.165, 1.54) is 17.5 Å². The number of hydrogen-bond donors (Lipinski definition) is 1. The lowest BCUT2D eigenvalue weighted by atomic mass is 10.00. The summed E-state index contributed by atoms with van der Waals surface area (Å²) in [7, 11) is 1.99. The Bertz CT molecular complexity index is 337. The number of likely N-dealkylation sites (N-methyl/N-ethyl adjacent to an activating group) is 1. The van der Waals surface area contributed by atoms with Gasteiger partial charge in [0.25, 0.3) is 0 Å². The average molecular weight is 279 g/mol. The van der Waals surface area contributed by atoms with E-state index in [1.807, 2.05) is 7.05 Å². The van der Waals surface area contributed by atoms with Crippen LogP contribution < -0.4 is 5.32 Å². The molecule has 3 heteroatoms. The van der Waals surface area contributed by atoms with Crippen molar-refractivity contribution in [1.29, 1.82) is 0 Å². The van der Waals surface area contributed by atoms with Crippen molar-refractivity contribution in [3.05, 3.63) is 35.4 Å². The van der Waals surface area contributed by atoms with Crippen molar-refractivity contribution in [2.24, 2.45) is 0 Å². The van der Waals surface area contributed by atoms with Crippen molar-refractivity contribution in [2.75, 3.05) is 33.4 Å². The molecule has 0 aromatic heterocycles. The maximum Gasteiger partial charge on any atom is 0.0718 e. The van der Waals surface area contributed by atoms with Gasteiger partial charge in [-0.1, -0.05) is 44.5 Å². The molecule has 0 heterocycles. The Balaban J connectivity index is 2.18. The highest BCUT2D eigenvalue weighted by molar-refractivity contribution is 5.24. The predicted octanol–water partition coefficient (Wildman–Crippen LogP) is 3.34. The summed E-state index contributed by atoms with van der Waals surface area (Å²) >= 11 is 0. The van der Waals surface area contributed by atoms with Gasteiger partial charge in [0.2, 0.25) is 0 Å². The van der Waals surface area contributed by atoms with Crippen LogP contribution in [0, 0.1) is 0 Å². The minimum Gasteiger partial charge on any atom is -0.379 e. The molecule has 0 aliphatic heterocycles. The quantitative estimate of drug-likeness (QED) is 0.630. The SMILES string of the molecule is CCCCOCCOCc1ccc(C(C)CNC)cc1. The van der Waals surface area contributed by atoms with E-state index in [4.69, 9.17) is 9.47 Å². The van der Waals surface area contributed by atoms with Crippen molar-refractivity contribution in [3.8, 4) is 0 Å². The maximum absolute atomic E-state index is 5.61. The topological polar surface area (TPSA) is 30.5 Å². The zero-order valence-electron chi connectivity index (χ0n) is 13.2. The van der Waals surface area contributed by atoms with E-state index in [1.54, 1.807) is 0 Å². The Morgan fingerprint density at radius 2 is 1.75 bits per heavy atom. The van der Waals surface area contributed by atoms with Crippen LogP contribution in [-0.4, -0.2) is 33.4 Å². The molecule has 114 valence electrons. The molecular formula is C17H29NO2. The minimum absolute atomic E-state index is 0.543. The van der Waals surface area contributed by atoms with Crippen molar-refractivity contribution in [3.63, 3.8) is 0 Å². The molecule has 0 radical (unpaired) electrons. The molecule has 1 aromatic carbocycles. The fraction of sp³-hybridized carbons (Fsp3) is 0.647. The van der Waals surface area contributed by atoms with Gasteiger partial charge >= 0.3 is 0 Å². The van der Waals surface area contributed by atoms with Gasteiger partial charge in [-0.25, -0.2) is 0 Å². The van der Waals surface area contributed by atoms with Gasteiger partial charge in [-0.05, 0) is 30.5 Å². The first-order chi connectivity index (χ1) is 9.77. The fourth-order valence-electron chi connectivity index (χ4n) is 2.02. The Morgan fingerprint density at radius 1 is 1.05 bits per heavy atom. The lowest BCUT2D eigenvalue weighted by Gasteiger charge is -2.12. The molecule has 1 N–H and O–H groups in total. The summed E-state index contributed by atoms with van der Waals surface area (Å²) in [6.07, 6.45) is 2.31. The van der Waals surface area contributed by atoms with Crippen LogP contribution in [0.25, 0.3) is 0 Å². The summed E-state index contributed by atoms with van der Waals surface area (Å²) < 4.78 is 11.1. The lowest BCUT2D eigenvalue weighted by Crippen LogP contribution is -2.14. The summed E-state index contributed by atoms with van der Waals surface area (Å²) in [6, 6.07) is 8.69. The van der Waals surface area contributed by atoms with Crippen LogP contribution in [-0.2, 0) is 16.1 Å². The van der Waals surface area contributed by atoms with Gasteiger partial charge in [0.15, 0.2) is 0 Å². The number of nitrogens with one attached hydrogen (secondary N) is 1.